The Kier molecular flexibility index (Phi) is 6.53. The first-order chi connectivity index (χ1) is 13.9. The molecule has 2 aromatic carbocycles. The Balaban J connectivity index is 1.66. The van der Waals surface area contributed by atoms with Crippen molar-refractivity contribution in [2.75, 3.05) is 33.6 Å². The van der Waals surface area contributed by atoms with E-state index in [-0.39, 0.29) is 18.1 Å². The van der Waals surface area contributed by atoms with Crippen LogP contribution in [0.15, 0.2) is 41.3 Å². The summed E-state index contributed by atoms with van der Waals surface area (Å²) in [5, 5.41) is 0. The molecule has 1 aliphatic rings. The van der Waals surface area contributed by atoms with Crippen LogP contribution in [0.4, 0.5) is 0 Å². The number of amides is 1. The SMILES string of the molecule is COc1cc2c(cc1OC)CN(C(=O)COC(=O)c1ccccc1[S@](C)=O)CC2. The van der Waals surface area contributed by atoms with Crippen LogP contribution in [0.25, 0.3) is 0 Å². The molecule has 8 heteroatoms. The average molecular weight is 417 g/mol. The molecule has 1 aliphatic heterocycles. The number of methoxy groups -OCH3 is 2. The molecule has 0 saturated carbocycles. The maximum absolute atomic E-state index is 12.6. The van der Waals surface area contributed by atoms with Crippen LogP contribution in [0.1, 0.15) is 21.5 Å². The van der Waals surface area contributed by atoms with E-state index in [1.54, 1.807) is 43.4 Å². The van der Waals surface area contributed by atoms with Gasteiger partial charge in [0, 0.05) is 19.3 Å². The van der Waals surface area contributed by atoms with Crippen LogP contribution < -0.4 is 9.47 Å². The van der Waals surface area contributed by atoms with Gasteiger partial charge in [0.15, 0.2) is 18.1 Å². The summed E-state index contributed by atoms with van der Waals surface area (Å²) in [4.78, 5) is 27.0. The summed E-state index contributed by atoms with van der Waals surface area (Å²) in [5.41, 5.74) is 2.28. The maximum Gasteiger partial charge on any atom is 0.339 e. The van der Waals surface area contributed by atoms with Gasteiger partial charge in [-0.25, -0.2) is 4.79 Å². The second-order valence-electron chi connectivity index (χ2n) is 6.57. The lowest BCUT2D eigenvalue weighted by molar-refractivity contribution is -0.135. The van der Waals surface area contributed by atoms with E-state index >= 15 is 0 Å². The minimum absolute atomic E-state index is 0.210. The van der Waals surface area contributed by atoms with E-state index in [0.717, 1.165) is 11.1 Å². The Hall–Kier alpha value is -2.87. The molecule has 0 aromatic heterocycles. The van der Waals surface area contributed by atoms with Crippen LogP contribution in [0.2, 0.25) is 0 Å². The molecule has 0 radical (unpaired) electrons. The Morgan fingerprint density at radius 2 is 1.72 bits per heavy atom. The minimum Gasteiger partial charge on any atom is -0.493 e. The Labute approximate surface area is 172 Å². The molecule has 1 atom stereocenters. The van der Waals surface area contributed by atoms with Gasteiger partial charge in [0.1, 0.15) is 0 Å². The van der Waals surface area contributed by atoms with Crippen molar-refractivity contribution in [3.05, 3.63) is 53.1 Å². The van der Waals surface area contributed by atoms with E-state index < -0.39 is 16.8 Å². The van der Waals surface area contributed by atoms with Crippen molar-refractivity contribution in [1.82, 2.24) is 4.90 Å². The van der Waals surface area contributed by atoms with Crippen molar-refractivity contribution in [3.63, 3.8) is 0 Å². The van der Waals surface area contributed by atoms with Crippen LogP contribution in [-0.4, -0.2) is 54.6 Å². The fourth-order valence-corrected chi connectivity index (χ4v) is 4.01. The predicted molar refractivity (Wildman–Crippen MR) is 108 cm³/mol. The van der Waals surface area contributed by atoms with Crippen molar-refractivity contribution in [1.29, 1.82) is 0 Å². The number of hydrogen-bond donors (Lipinski definition) is 0. The lowest BCUT2D eigenvalue weighted by Crippen LogP contribution is -2.38. The van der Waals surface area contributed by atoms with Crippen LogP contribution in [0, 0.1) is 0 Å². The van der Waals surface area contributed by atoms with Gasteiger partial charge in [-0.2, -0.15) is 0 Å². The van der Waals surface area contributed by atoms with Crippen molar-refractivity contribution in [3.8, 4) is 11.5 Å². The largest absolute Gasteiger partial charge is 0.493 e. The molecule has 0 saturated heterocycles. The summed E-state index contributed by atoms with van der Waals surface area (Å²) in [6, 6.07) is 10.3. The average Bonchev–Trinajstić information content (AvgIpc) is 2.75. The standard InChI is InChI=1S/C21H23NO6S/c1-26-17-10-14-8-9-22(12-15(14)11-18(17)27-2)20(23)13-28-21(24)16-6-4-5-7-19(16)29(3)25/h4-7,10-11H,8-9,12-13H2,1-3H3/t29-/m0/s1. The monoisotopic (exact) mass is 417 g/mol. The molecule has 0 spiro atoms. The normalized spacial score (nSPS) is 14.0. The topological polar surface area (TPSA) is 82.1 Å². The lowest BCUT2D eigenvalue weighted by atomic mass is 9.99. The second kappa shape index (κ2) is 9.09. The third-order valence-corrected chi connectivity index (χ3v) is 5.79. The zero-order chi connectivity index (χ0) is 21.0. The van der Waals surface area contributed by atoms with Crippen LogP contribution in [0.5, 0.6) is 11.5 Å². The number of rotatable bonds is 6. The van der Waals surface area contributed by atoms with E-state index in [1.807, 2.05) is 12.1 Å². The zero-order valence-electron chi connectivity index (χ0n) is 16.6. The molecule has 0 unspecified atom stereocenters. The van der Waals surface area contributed by atoms with Crippen molar-refractivity contribution in [2.24, 2.45) is 0 Å². The van der Waals surface area contributed by atoms with Gasteiger partial charge in [0.05, 0.1) is 35.5 Å². The van der Waals surface area contributed by atoms with E-state index in [9.17, 15) is 13.8 Å². The number of fused-ring (bicyclic) bond motifs is 1. The van der Waals surface area contributed by atoms with Crippen molar-refractivity contribution >= 4 is 22.7 Å². The number of carbonyl (C=O) groups excluding carboxylic acids is 2. The fraction of sp³-hybridized carbons (Fsp3) is 0.333. The van der Waals surface area contributed by atoms with Crippen LogP contribution in [-0.2, 0) is 33.3 Å². The number of carbonyl (C=O) groups is 2. The first-order valence-corrected chi connectivity index (χ1v) is 10.6. The molecule has 1 amide bonds. The second-order valence-corrected chi connectivity index (χ2v) is 7.92. The summed E-state index contributed by atoms with van der Waals surface area (Å²) in [5.74, 6) is 0.324. The van der Waals surface area contributed by atoms with Gasteiger partial charge < -0.3 is 19.1 Å². The highest BCUT2D eigenvalue weighted by Crippen LogP contribution is 2.33. The summed E-state index contributed by atoms with van der Waals surface area (Å²) in [7, 11) is 1.82. The molecule has 0 aliphatic carbocycles. The molecule has 154 valence electrons. The predicted octanol–water partition coefficient (Wildman–Crippen LogP) is 2.18. The van der Waals surface area contributed by atoms with Gasteiger partial charge >= 0.3 is 5.97 Å². The molecule has 7 nitrogen and oxygen atoms in total. The summed E-state index contributed by atoms with van der Waals surface area (Å²) in [6.07, 6.45) is 2.17. The molecule has 1 heterocycles. The molecular weight excluding hydrogens is 394 g/mol. The van der Waals surface area contributed by atoms with Crippen molar-refractivity contribution < 1.29 is 28.0 Å². The number of ether oxygens (including phenoxy) is 3. The molecule has 0 bridgehead atoms. The van der Waals surface area contributed by atoms with Crippen LogP contribution >= 0.6 is 0 Å². The lowest BCUT2D eigenvalue weighted by Gasteiger charge is -2.29. The highest BCUT2D eigenvalue weighted by Gasteiger charge is 2.24. The van der Waals surface area contributed by atoms with Gasteiger partial charge in [0.25, 0.3) is 5.91 Å². The summed E-state index contributed by atoms with van der Waals surface area (Å²) >= 11 is 0. The number of nitrogens with zero attached hydrogens (tertiary/aromatic N) is 1. The quantitative estimate of drug-likeness (QED) is 0.670. The Morgan fingerprint density at radius 1 is 1.07 bits per heavy atom. The van der Waals surface area contributed by atoms with Crippen LogP contribution in [0.3, 0.4) is 0 Å². The van der Waals surface area contributed by atoms with Gasteiger partial charge in [-0.05, 0) is 41.8 Å². The van der Waals surface area contributed by atoms with Gasteiger partial charge in [-0.3, -0.25) is 9.00 Å². The van der Waals surface area contributed by atoms with E-state index in [2.05, 4.69) is 0 Å². The Morgan fingerprint density at radius 3 is 2.38 bits per heavy atom. The maximum atomic E-state index is 12.6. The molecular formula is C21H23NO6S. The molecule has 29 heavy (non-hydrogen) atoms. The highest BCUT2D eigenvalue weighted by molar-refractivity contribution is 7.84. The zero-order valence-corrected chi connectivity index (χ0v) is 17.4. The van der Waals surface area contributed by atoms with Gasteiger partial charge in [-0.1, -0.05) is 12.1 Å². The van der Waals surface area contributed by atoms with E-state index in [1.165, 1.54) is 6.26 Å². The minimum atomic E-state index is -1.33. The molecule has 3 rings (SSSR count). The molecule has 0 fully saturated rings. The number of hydrogen-bond acceptors (Lipinski definition) is 6. The number of benzene rings is 2. The third-order valence-electron chi connectivity index (χ3n) is 4.81. The number of esters is 1. The molecule has 0 N–H and O–H groups in total. The first kappa shape index (κ1) is 20.9. The fourth-order valence-electron chi connectivity index (χ4n) is 3.28. The van der Waals surface area contributed by atoms with Gasteiger partial charge in [0.2, 0.25) is 0 Å². The third kappa shape index (κ3) is 4.59. The first-order valence-electron chi connectivity index (χ1n) is 9.05. The summed E-state index contributed by atoms with van der Waals surface area (Å²) in [6.45, 7) is 0.558. The van der Waals surface area contributed by atoms with E-state index in [4.69, 9.17) is 14.2 Å². The van der Waals surface area contributed by atoms with E-state index in [0.29, 0.717) is 35.9 Å². The van der Waals surface area contributed by atoms with Crippen molar-refractivity contribution in [2.45, 2.75) is 17.9 Å². The Bertz CT molecular complexity index is 958. The summed E-state index contributed by atoms with van der Waals surface area (Å²) < 4.78 is 27.6. The smallest absolute Gasteiger partial charge is 0.339 e. The highest BCUT2D eigenvalue weighted by atomic mass is 32.2. The van der Waals surface area contributed by atoms with Gasteiger partial charge in [-0.15, -0.1) is 0 Å². The molecule has 2 aromatic rings.